The van der Waals surface area contributed by atoms with Crippen molar-refractivity contribution >= 4 is 5.69 Å². The molecule has 2 nitrogen and oxygen atoms in total. The van der Waals surface area contributed by atoms with Gasteiger partial charge in [-0.05, 0) is 12.1 Å². The summed E-state index contributed by atoms with van der Waals surface area (Å²) >= 11 is 0. The molecule has 1 aromatic rings. The first kappa shape index (κ1) is 9.99. The Morgan fingerprint density at radius 3 is 2.54 bits per heavy atom. The monoisotopic (exact) mass is 183 g/mol. The summed E-state index contributed by atoms with van der Waals surface area (Å²) in [4.78, 5) is 1.85. The van der Waals surface area contributed by atoms with Crippen LogP contribution in [0.2, 0.25) is 0 Å². The zero-order chi connectivity index (χ0) is 9.52. The van der Waals surface area contributed by atoms with E-state index >= 15 is 0 Å². The van der Waals surface area contributed by atoms with Crippen molar-refractivity contribution in [2.45, 2.75) is 0 Å². The van der Waals surface area contributed by atoms with Gasteiger partial charge in [0.15, 0.2) is 0 Å². The van der Waals surface area contributed by atoms with Gasteiger partial charge in [0.05, 0.1) is 0 Å². The van der Waals surface area contributed by atoms with Gasteiger partial charge in [-0.15, -0.1) is 0 Å². The molecule has 0 aliphatic heterocycles. The van der Waals surface area contributed by atoms with E-state index in [0.29, 0.717) is 13.3 Å². The first-order valence-corrected chi connectivity index (χ1v) is 4.23. The average molecular weight is 183 g/mol. The number of anilines is 1. The highest BCUT2D eigenvalue weighted by Crippen LogP contribution is 2.12. The van der Waals surface area contributed by atoms with Crippen LogP contribution in [0, 0.1) is 0 Å². The number of benzene rings is 1. The van der Waals surface area contributed by atoms with Gasteiger partial charge in [-0.3, -0.25) is 0 Å². The van der Waals surface area contributed by atoms with E-state index in [1.165, 1.54) is 0 Å². The number of hydrogen-bond acceptors (Lipinski definition) is 2. The van der Waals surface area contributed by atoms with Crippen LogP contribution in [0.1, 0.15) is 0 Å². The molecule has 0 atom stereocenters. The minimum atomic E-state index is -0.363. The van der Waals surface area contributed by atoms with Crippen molar-refractivity contribution in [2.75, 3.05) is 32.0 Å². The zero-order valence-corrected chi connectivity index (χ0v) is 7.74. The molecule has 0 saturated heterocycles. The Balaban J connectivity index is 2.64. The van der Waals surface area contributed by atoms with Crippen molar-refractivity contribution in [3.05, 3.63) is 30.3 Å². The summed E-state index contributed by atoms with van der Waals surface area (Å²) in [5.41, 5.74) is 0.988. The molecule has 0 aromatic heterocycles. The van der Waals surface area contributed by atoms with E-state index in [4.69, 9.17) is 4.74 Å². The third-order valence-electron chi connectivity index (χ3n) is 1.76. The van der Waals surface area contributed by atoms with Crippen LogP contribution in [0.3, 0.4) is 0 Å². The number of ether oxygens (including phenoxy) is 1. The summed E-state index contributed by atoms with van der Waals surface area (Å²) in [5, 5.41) is 0. The van der Waals surface area contributed by atoms with Gasteiger partial charge in [-0.25, -0.2) is 4.39 Å². The lowest BCUT2D eigenvalue weighted by Gasteiger charge is -2.22. The maximum absolute atomic E-state index is 12.2. The second-order valence-electron chi connectivity index (χ2n) is 2.71. The number of para-hydroxylation sites is 1. The van der Waals surface area contributed by atoms with Crippen LogP contribution in [0.25, 0.3) is 0 Å². The predicted molar refractivity (Wildman–Crippen MR) is 51.6 cm³/mol. The van der Waals surface area contributed by atoms with E-state index in [-0.39, 0.29) is 6.67 Å². The van der Waals surface area contributed by atoms with Crippen LogP contribution in [-0.4, -0.2) is 27.1 Å². The molecule has 0 aliphatic carbocycles. The normalized spacial score (nSPS) is 10.0. The van der Waals surface area contributed by atoms with Crippen LogP contribution in [-0.2, 0) is 4.74 Å². The molecule has 0 aliphatic rings. The Bertz CT molecular complexity index is 222. The lowest BCUT2D eigenvalue weighted by atomic mass is 10.3. The zero-order valence-electron chi connectivity index (χ0n) is 7.74. The van der Waals surface area contributed by atoms with Gasteiger partial charge >= 0.3 is 0 Å². The Morgan fingerprint density at radius 2 is 2.00 bits per heavy atom. The lowest BCUT2D eigenvalue weighted by molar-refractivity contribution is 0.195. The Labute approximate surface area is 77.9 Å². The van der Waals surface area contributed by atoms with Gasteiger partial charge < -0.3 is 9.64 Å². The van der Waals surface area contributed by atoms with Crippen LogP contribution in [0.5, 0.6) is 0 Å². The maximum atomic E-state index is 12.2. The Kier molecular flexibility index (Phi) is 4.26. The first-order chi connectivity index (χ1) is 6.38. The molecule has 0 fully saturated rings. The quantitative estimate of drug-likeness (QED) is 0.648. The molecule has 0 spiro atoms. The molecule has 0 N–H and O–H groups in total. The van der Waals surface area contributed by atoms with E-state index in [9.17, 15) is 4.39 Å². The van der Waals surface area contributed by atoms with Gasteiger partial charge in [-0.1, -0.05) is 18.2 Å². The summed E-state index contributed by atoms with van der Waals surface area (Å²) in [6.07, 6.45) is 0. The smallest absolute Gasteiger partial charge is 0.118 e. The SMILES string of the molecule is COCN(CCF)c1ccccc1. The highest BCUT2D eigenvalue weighted by atomic mass is 19.1. The van der Waals surface area contributed by atoms with E-state index in [1.807, 2.05) is 35.2 Å². The van der Waals surface area contributed by atoms with E-state index in [1.54, 1.807) is 7.11 Å². The summed E-state index contributed by atoms with van der Waals surface area (Å²) < 4.78 is 17.1. The van der Waals surface area contributed by atoms with E-state index in [2.05, 4.69) is 0 Å². The molecule has 72 valence electrons. The summed E-state index contributed by atoms with van der Waals surface area (Å²) in [7, 11) is 1.61. The highest BCUT2D eigenvalue weighted by Gasteiger charge is 2.03. The molecule has 13 heavy (non-hydrogen) atoms. The fraction of sp³-hybridized carbons (Fsp3) is 0.400. The molecule has 1 rings (SSSR count). The lowest BCUT2D eigenvalue weighted by Crippen LogP contribution is -2.27. The first-order valence-electron chi connectivity index (χ1n) is 4.23. The third-order valence-corrected chi connectivity index (χ3v) is 1.76. The molecule has 0 heterocycles. The van der Waals surface area contributed by atoms with Crippen LogP contribution in [0.15, 0.2) is 30.3 Å². The van der Waals surface area contributed by atoms with Gasteiger partial charge in [0, 0.05) is 19.3 Å². The molecule has 0 unspecified atom stereocenters. The topological polar surface area (TPSA) is 12.5 Å². The molecule has 0 bridgehead atoms. The van der Waals surface area contributed by atoms with Crippen molar-refractivity contribution in [3.63, 3.8) is 0 Å². The number of halogens is 1. The van der Waals surface area contributed by atoms with Gasteiger partial charge in [-0.2, -0.15) is 0 Å². The van der Waals surface area contributed by atoms with Crippen molar-refractivity contribution in [1.82, 2.24) is 0 Å². The van der Waals surface area contributed by atoms with Gasteiger partial charge in [0.25, 0.3) is 0 Å². The van der Waals surface area contributed by atoms with Crippen molar-refractivity contribution in [1.29, 1.82) is 0 Å². The second kappa shape index (κ2) is 5.54. The number of nitrogens with zero attached hydrogens (tertiary/aromatic N) is 1. The average Bonchev–Trinajstić information content (AvgIpc) is 2.19. The Hall–Kier alpha value is -1.09. The fourth-order valence-corrected chi connectivity index (χ4v) is 1.16. The number of rotatable bonds is 5. The molecule has 0 radical (unpaired) electrons. The minimum absolute atomic E-state index is 0.363. The maximum Gasteiger partial charge on any atom is 0.118 e. The van der Waals surface area contributed by atoms with Gasteiger partial charge in [0.1, 0.15) is 13.4 Å². The number of methoxy groups -OCH3 is 1. The minimum Gasteiger partial charge on any atom is -0.364 e. The standard InChI is InChI=1S/C10H14FNO/c1-13-9-12(8-7-11)10-5-3-2-4-6-10/h2-6H,7-9H2,1H3. The number of hydrogen-bond donors (Lipinski definition) is 0. The predicted octanol–water partition coefficient (Wildman–Crippen LogP) is 2.07. The summed E-state index contributed by atoms with van der Waals surface area (Å²) in [6.45, 7) is 0.435. The van der Waals surface area contributed by atoms with Crippen LogP contribution < -0.4 is 4.90 Å². The summed E-state index contributed by atoms with van der Waals surface area (Å²) in [5.74, 6) is 0. The molecule has 0 saturated carbocycles. The van der Waals surface area contributed by atoms with Crippen LogP contribution >= 0.6 is 0 Å². The second-order valence-corrected chi connectivity index (χ2v) is 2.71. The van der Waals surface area contributed by atoms with Crippen molar-refractivity contribution in [2.24, 2.45) is 0 Å². The Morgan fingerprint density at radius 1 is 1.31 bits per heavy atom. The summed E-state index contributed by atoms with van der Waals surface area (Å²) in [6, 6.07) is 9.67. The van der Waals surface area contributed by atoms with E-state index in [0.717, 1.165) is 5.69 Å². The molecule has 1 aromatic carbocycles. The van der Waals surface area contributed by atoms with Crippen molar-refractivity contribution in [3.8, 4) is 0 Å². The highest BCUT2D eigenvalue weighted by molar-refractivity contribution is 5.45. The molecule has 0 amide bonds. The molecular formula is C10H14FNO. The fourth-order valence-electron chi connectivity index (χ4n) is 1.16. The van der Waals surface area contributed by atoms with Gasteiger partial charge in [0.2, 0.25) is 0 Å². The van der Waals surface area contributed by atoms with Crippen molar-refractivity contribution < 1.29 is 9.13 Å². The van der Waals surface area contributed by atoms with Crippen LogP contribution in [0.4, 0.5) is 10.1 Å². The third kappa shape index (κ3) is 3.03. The largest absolute Gasteiger partial charge is 0.364 e. The molecule has 3 heteroatoms. The number of alkyl halides is 1. The van der Waals surface area contributed by atoms with E-state index < -0.39 is 0 Å². The molecular weight excluding hydrogens is 169 g/mol.